The van der Waals surface area contributed by atoms with Gasteiger partial charge in [0.25, 0.3) is 0 Å². The largest absolute Gasteiger partial charge is 0.383 e. The van der Waals surface area contributed by atoms with Crippen LogP contribution in [-0.4, -0.2) is 56.4 Å². The van der Waals surface area contributed by atoms with Crippen molar-refractivity contribution in [1.29, 1.82) is 0 Å². The van der Waals surface area contributed by atoms with Crippen molar-refractivity contribution in [3.05, 3.63) is 24.3 Å². The zero-order valence-electron chi connectivity index (χ0n) is 12.0. The molecule has 2 N–H and O–H groups in total. The molecule has 0 aliphatic rings. The summed E-state index contributed by atoms with van der Waals surface area (Å²) in [7, 11) is -5.38. The molecule has 0 heterocycles. The van der Waals surface area contributed by atoms with Crippen LogP contribution in [-0.2, 0) is 24.6 Å². The predicted octanol–water partition coefficient (Wildman–Crippen LogP) is -0.396. The molecule has 0 spiro atoms. The van der Waals surface area contributed by atoms with Crippen molar-refractivity contribution in [3.63, 3.8) is 0 Å². The van der Waals surface area contributed by atoms with E-state index in [4.69, 9.17) is 4.74 Å². The van der Waals surface area contributed by atoms with E-state index in [1.54, 1.807) is 7.11 Å². The maximum Gasteiger partial charge on any atom is 0.240 e. The Morgan fingerprint density at radius 3 is 2.05 bits per heavy atom. The van der Waals surface area contributed by atoms with Crippen molar-refractivity contribution < 1.29 is 21.6 Å². The minimum atomic E-state index is -3.63. The molecule has 0 saturated carbocycles. The van der Waals surface area contributed by atoms with Gasteiger partial charge in [0.2, 0.25) is 10.0 Å². The molecule has 0 saturated heterocycles. The fraction of sp³-hybridized carbons (Fsp3) is 0.500. The molecule has 0 aliphatic heterocycles. The van der Waals surface area contributed by atoms with Gasteiger partial charge in [0.05, 0.1) is 16.4 Å². The van der Waals surface area contributed by atoms with Gasteiger partial charge in [0, 0.05) is 33.0 Å². The molecule has 0 bridgehead atoms. The molecule has 9 heteroatoms. The van der Waals surface area contributed by atoms with Crippen LogP contribution in [0.3, 0.4) is 0 Å². The van der Waals surface area contributed by atoms with Crippen LogP contribution in [0.15, 0.2) is 34.1 Å². The highest BCUT2D eigenvalue weighted by Gasteiger charge is 2.14. The Morgan fingerprint density at radius 2 is 1.52 bits per heavy atom. The first kappa shape index (κ1) is 18.1. The van der Waals surface area contributed by atoms with Gasteiger partial charge in [-0.05, 0) is 24.3 Å². The molecule has 0 aromatic heterocycles. The maximum absolute atomic E-state index is 12.0. The van der Waals surface area contributed by atoms with Crippen molar-refractivity contribution in [1.82, 2.24) is 10.0 Å². The van der Waals surface area contributed by atoms with Crippen molar-refractivity contribution in [3.8, 4) is 0 Å². The van der Waals surface area contributed by atoms with Crippen LogP contribution in [0, 0.1) is 0 Å². The zero-order chi connectivity index (χ0) is 15.9. The van der Waals surface area contributed by atoms with E-state index in [0.29, 0.717) is 19.7 Å². The first-order valence-electron chi connectivity index (χ1n) is 6.27. The molecule has 120 valence electrons. The normalized spacial score (nSPS) is 12.5. The molecule has 0 radical (unpaired) electrons. The number of ether oxygens (including phenoxy) is 1. The topological polar surface area (TPSA) is 102 Å². The van der Waals surface area contributed by atoms with Gasteiger partial charge in [-0.3, -0.25) is 0 Å². The van der Waals surface area contributed by atoms with E-state index in [0.717, 1.165) is 6.26 Å². The number of hydrogen-bond donors (Lipinski definition) is 2. The summed E-state index contributed by atoms with van der Waals surface area (Å²) in [5.74, 6) is 0. The van der Waals surface area contributed by atoms with Crippen LogP contribution in [0.1, 0.15) is 0 Å². The summed E-state index contributed by atoms with van der Waals surface area (Å²) in [5, 5.41) is 3.01. The van der Waals surface area contributed by atoms with Crippen LogP contribution in [0.2, 0.25) is 0 Å². The Bertz CT molecular complexity index is 639. The third-order valence-electron chi connectivity index (χ3n) is 2.64. The summed E-state index contributed by atoms with van der Waals surface area (Å²) in [4.78, 5) is 0.120. The lowest BCUT2D eigenvalue weighted by atomic mass is 10.4. The number of hydrogen-bond acceptors (Lipinski definition) is 6. The fourth-order valence-electron chi connectivity index (χ4n) is 1.52. The van der Waals surface area contributed by atoms with Crippen molar-refractivity contribution in [2.45, 2.75) is 9.79 Å². The van der Waals surface area contributed by atoms with Gasteiger partial charge in [0.1, 0.15) is 0 Å². The highest BCUT2D eigenvalue weighted by molar-refractivity contribution is 7.90. The lowest BCUT2D eigenvalue weighted by Crippen LogP contribution is -2.33. The SMILES string of the molecule is COCCNCCNS(=O)(=O)c1ccc(S(C)(=O)=O)cc1. The minimum Gasteiger partial charge on any atom is -0.383 e. The molecule has 0 aliphatic carbocycles. The Balaban J connectivity index is 2.58. The highest BCUT2D eigenvalue weighted by atomic mass is 32.2. The monoisotopic (exact) mass is 336 g/mol. The molecule has 1 aromatic rings. The van der Waals surface area contributed by atoms with Crippen LogP contribution in [0.25, 0.3) is 0 Å². The van der Waals surface area contributed by atoms with Crippen LogP contribution in [0.5, 0.6) is 0 Å². The summed E-state index contributed by atoms with van der Waals surface area (Å²) in [6, 6.07) is 5.11. The van der Waals surface area contributed by atoms with Crippen LogP contribution >= 0.6 is 0 Å². The molecule has 7 nitrogen and oxygen atoms in total. The van der Waals surface area contributed by atoms with E-state index in [-0.39, 0.29) is 16.3 Å². The Kier molecular flexibility index (Phi) is 6.75. The minimum absolute atomic E-state index is 0.0341. The second-order valence-corrected chi connectivity index (χ2v) is 8.17. The van der Waals surface area contributed by atoms with E-state index < -0.39 is 19.9 Å². The molecular weight excluding hydrogens is 316 g/mol. The summed E-state index contributed by atoms with van der Waals surface area (Å²) in [6.45, 7) is 1.91. The number of rotatable bonds is 9. The van der Waals surface area contributed by atoms with Gasteiger partial charge < -0.3 is 10.1 Å². The molecule has 0 unspecified atom stereocenters. The summed E-state index contributed by atoms with van der Waals surface area (Å²) in [5.41, 5.74) is 0. The van der Waals surface area contributed by atoms with E-state index in [9.17, 15) is 16.8 Å². The van der Waals surface area contributed by atoms with Crippen LogP contribution < -0.4 is 10.0 Å². The highest BCUT2D eigenvalue weighted by Crippen LogP contribution is 2.13. The lowest BCUT2D eigenvalue weighted by molar-refractivity contribution is 0.199. The predicted molar refractivity (Wildman–Crippen MR) is 79.5 cm³/mol. The Labute approximate surface area is 125 Å². The molecule has 1 aromatic carbocycles. The molecule has 1 rings (SSSR count). The second kappa shape index (κ2) is 7.85. The van der Waals surface area contributed by atoms with E-state index in [2.05, 4.69) is 10.0 Å². The van der Waals surface area contributed by atoms with Gasteiger partial charge in [-0.1, -0.05) is 0 Å². The number of nitrogens with one attached hydrogen (secondary N) is 2. The molecule has 0 amide bonds. The molecule has 0 fully saturated rings. The summed E-state index contributed by atoms with van der Waals surface area (Å²) >= 11 is 0. The van der Waals surface area contributed by atoms with Gasteiger partial charge in [0.15, 0.2) is 9.84 Å². The lowest BCUT2D eigenvalue weighted by Gasteiger charge is -2.08. The molecular formula is C12H20N2O5S2. The van der Waals surface area contributed by atoms with E-state index in [1.807, 2.05) is 0 Å². The number of sulfone groups is 1. The average Bonchev–Trinajstić information content (AvgIpc) is 2.42. The smallest absolute Gasteiger partial charge is 0.240 e. The standard InChI is InChI=1S/C12H20N2O5S2/c1-19-10-9-13-7-8-14-21(17,18)12-5-3-11(4-6-12)20(2,15)16/h3-6,13-14H,7-10H2,1-2H3. The Morgan fingerprint density at radius 1 is 0.952 bits per heavy atom. The van der Waals surface area contributed by atoms with Gasteiger partial charge in [-0.2, -0.15) is 0 Å². The number of methoxy groups -OCH3 is 1. The number of sulfonamides is 1. The zero-order valence-corrected chi connectivity index (χ0v) is 13.6. The maximum atomic E-state index is 12.0. The first-order valence-corrected chi connectivity index (χ1v) is 9.64. The number of benzene rings is 1. The van der Waals surface area contributed by atoms with Crippen LogP contribution in [0.4, 0.5) is 0 Å². The third kappa shape index (κ3) is 6.10. The van der Waals surface area contributed by atoms with Crippen molar-refractivity contribution in [2.75, 3.05) is 39.6 Å². The first-order chi connectivity index (χ1) is 9.77. The molecule has 21 heavy (non-hydrogen) atoms. The quantitative estimate of drug-likeness (QED) is 0.595. The fourth-order valence-corrected chi connectivity index (χ4v) is 3.18. The Hall–Kier alpha value is -1.00. The van der Waals surface area contributed by atoms with Gasteiger partial charge in [-0.15, -0.1) is 0 Å². The van der Waals surface area contributed by atoms with Gasteiger partial charge in [-0.25, -0.2) is 21.6 Å². The average molecular weight is 336 g/mol. The van der Waals surface area contributed by atoms with Crippen molar-refractivity contribution in [2.24, 2.45) is 0 Å². The summed E-state index contributed by atoms with van der Waals surface area (Å²) < 4.78 is 53.8. The van der Waals surface area contributed by atoms with E-state index in [1.165, 1.54) is 24.3 Å². The second-order valence-electron chi connectivity index (χ2n) is 4.38. The van der Waals surface area contributed by atoms with Crippen molar-refractivity contribution >= 4 is 19.9 Å². The van der Waals surface area contributed by atoms with E-state index >= 15 is 0 Å². The summed E-state index contributed by atoms with van der Waals surface area (Å²) in [6.07, 6.45) is 1.07. The van der Waals surface area contributed by atoms with Gasteiger partial charge >= 0.3 is 0 Å². The molecule has 0 atom stereocenters. The third-order valence-corrected chi connectivity index (χ3v) is 5.24.